The molecule has 0 bridgehead atoms. The Hall–Kier alpha value is -1.76. The highest BCUT2D eigenvalue weighted by Crippen LogP contribution is 2.13. The van der Waals surface area contributed by atoms with E-state index in [0.717, 1.165) is 4.90 Å². The molecule has 16 heavy (non-hydrogen) atoms. The van der Waals surface area contributed by atoms with E-state index in [1.165, 1.54) is 11.3 Å². The average molecular weight is 283 g/mol. The van der Waals surface area contributed by atoms with Crippen molar-refractivity contribution in [2.24, 2.45) is 0 Å². The molecule has 0 aliphatic carbocycles. The molecule has 1 aromatic rings. The summed E-state index contributed by atoms with van der Waals surface area (Å²) in [5.41, 5.74) is 0.920. The number of rotatable bonds is 2. The first-order chi connectivity index (χ1) is 7.72. The topological polar surface area (TPSA) is 75.2 Å². The molecule has 2 rings (SSSR count). The van der Waals surface area contributed by atoms with Gasteiger partial charge in [0.1, 0.15) is 12.0 Å². The standard InChI is InChI=1S/C9H7BrN4O2/c10-1-7-8(15)14(9(16)13-7)4-6-2-11-5-12-3-6/h1-3,5H,4H2,(H,13,16). The minimum atomic E-state index is -0.445. The Bertz CT molecular complexity index is 460. The number of halogens is 1. The third kappa shape index (κ3) is 1.94. The van der Waals surface area contributed by atoms with E-state index in [2.05, 4.69) is 31.2 Å². The Balaban J connectivity index is 2.17. The molecule has 1 fully saturated rings. The van der Waals surface area contributed by atoms with Crippen LogP contribution in [0.1, 0.15) is 5.56 Å². The van der Waals surface area contributed by atoms with Crippen molar-refractivity contribution in [2.45, 2.75) is 6.54 Å². The van der Waals surface area contributed by atoms with E-state index in [9.17, 15) is 9.59 Å². The zero-order valence-electron chi connectivity index (χ0n) is 8.05. The molecule has 7 heteroatoms. The van der Waals surface area contributed by atoms with E-state index in [-0.39, 0.29) is 18.1 Å². The maximum Gasteiger partial charge on any atom is 0.329 e. The number of urea groups is 1. The lowest BCUT2D eigenvalue weighted by Gasteiger charge is -2.10. The van der Waals surface area contributed by atoms with Crippen LogP contribution in [0.5, 0.6) is 0 Å². The number of amides is 3. The molecule has 3 amide bonds. The van der Waals surface area contributed by atoms with Crippen molar-refractivity contribution in [1.82, 2.24) is 20.2 Å². The van der Waals surface area contributed by atoms with Gasteiger partial charge in [-0.15, -0.1) is 0 Å². The Morgan fingerprint density at radius 3 is 2.62 bits per heavy atom. The molecule has 1 aromatic heterocycles. The van der Waals surface area contributed by atoms with Crippen LogP contribution in [0.15, 0.2) is 29.4 Å². The molecule has 0 atom stereocenters. The van der Waals surface area contributed by atoms with E-state index in [1.54, 1.807) is 12.4 Å². The summed E-state index contributed by atoms with van der Waals surface area (Å²) in [6, 6.07) is -0.445. The van der Waals surface area contributed by atoms with Crippen molar-refractivity contribution in [1.29, 1.82) is 0 Å². The summed E-state index contributed by atoms with van der Waals surface area (Å²) in [4.78, 5) is 33.2. The lowest BCUT2D eigenvalue weighted by Crippen LogP contribution is -2.30. The minimum absolute atomic E-state index is 0.163. The molecular weight excluding hydrogens is 276 g/mol. The van der Waals surface area contributed by atoms with Gasteiger partial charge in [0.2, 0.25) is 0 Å². The van der Waals surface area contributed by atoms with Crippen LogP contribution in [-0.4, -0.2) is 26.8 Å². The number of nitrogens with one attached hydrogen (secondary N) is 1. The van der Waals surface area contributed by atoms with Gasteiger partial charge in [0, 0.05) is 22.9 Å². The van der Waals surface area contributed by atoms with Gasteiger partial charge in [-0.2, -0.15) is 0 Å². The summed E-state index contributed by atoms with van der Waals surface area (Å²) < 4.78 is 0. The van der Waals surface area contributed by atoms with Crippen molar-refractivity contribution in [3.05, 3.63) is 35.0 Å². The number of hydrogen-bond donors (Lipinski definition) is 1. The van der Waals surface area contributed by atoms with Crippen LogP contribution in [0.4, 0.5) is 4.79 Å². The molecule has 0 saturated carbocycles. The first-order valence-electron chi connectivity index (χ1n) is 4.39. The van der Waals surface area contributed by atoms with Crippen molar-refractivity contribution in [2.75, 3.05) is 0 Å². The quantitative estimate of drug-likeness (QED) is 0.642. The van der Waals surface area contributed by atoms with Gasteiger partial charge in [0.15, 0.2) is 0 Å². The first-order valence-corrected chi connectivity index (χ1v) is 5.31. The SMILES string of the molecule is O=C1NC(=CBr)C(=O)N1Cc1cncnc1. The Kier molecular flexibility index (Phi) is 2.95. The highest BCUT2D eigenvalue weighted by molar-refractivity contribution is 9.11. The van der Waals surface area contributed by atoms with Gasteiger partial charge in [-0.1, -0.05) is 15.9 Å². The van der Waals surface area contributed by atoms with Crippen molar-refractivity contribution < 1.29 is 9.59 Å². The van der Waals surface area contributed by atoms with Crippen LogP contribution in [0.25, 0.3) is 0 Å². The van der Waals surface area contributed by atoms with Crippen LogP contribution < -0.4 is 5.32 Å². The summed E-state index contributed by atoms with van der Waals surface area (Å²) in [5, 5.41) is 2.43. The largest absolute Gasteiger partial charge is 0.329 e. The van der Waals surface area contributed by atoms with Crippen LogP contribution in [0.3, 0.4) is 0 Å². The summed E-state index contributed by atoms with van der Waals surface area (Å²) >= 11 is 3.01. The van der Waals surface area contributed by atoms with Gasteiger partial charge >= 0.3 is 6.03 Å². The second-order valence-corrected chi connectivity index (χ2v) is 3.55. The number of hydrogen-bond acceptors (Lipinski definition) is 4. The molecular formula is C9H7BrN4O2. The monoisotopic (exact) mass is 282 g/mol. The predicted octanol–water partition coefficient (Wildman–Crippen LogP) is 0.765. The summed E-state index contributed by atoms with van der Waals surface area (Å²) in [6.07, 6.45) is 4.51. The Morgan fingerprint density at radius 2 is 2.06 bits per heavy atom. The van der Waals surface area contributed by atoms with Crippen molar-refractivity contribution in [3.8, 4) is 0 Å². The van der Waals surface area contributed by atoms with Crippen molar-refractivity contribution in [3.63, 3.8) is 0 Å². The van der Waals surface area contributed by atoms with Crippen molar-refractivity contribution >= 4 is 27.9 Å². The average Bonchev–Trinajstić information content (AvgIpc) is 2.58. The van der Waals surface area contributed by atoms with E-state index < -0.39 is 6.03 Å². The van der Waals surface area contributed by atoms with Gasteiger partial charge < -0.3 is 5.32 Å². The fraction of sp³-hybridized carbons (Fsp3) is 0.111. The molecule has 2 heterocycles. The first kappa shape index (κ1) is 10.7. The Morgan fingerprint density at radius 1 is 1.38 bits per heavy atom. The lowest BCUT2D eigenvalue weighted by molar-refractivity contribution is -0.123. The van der Waals surface area contributed by atoms with E-state index in [1.807, 2.05) is 0 Å². The maximum atomic E-state index is 11.7. The van der Waals surface area contributed by atoms with Gasteiger partial charge in [-0.05, 0) is 0 Å². The second-order valence-electron chi connectivity index (χ2n) is 3.09. The number of carbonyl (C=O) groups is 2. The number of imide groups is 1. The molecule has 0 unspecified atom stereocenters. The third-order valence-corrected chi connectivity index (χ3v) is 2.48. The smallest absolute Gasteiger partial charge is 0.302 e. The highest BCUT2D eigenvalue weighted by Gasteiger charge is 2.33. The highest BCUT2D eigenvalue weighted by atomic mass is 79.9. The number of nitrogens with zero attached hydrogens (tertiary/aromatic N) is 3. The zero-order chi connectivity index (χ0) is 11.5. The zero-order valence-corrected chi connectivity index (χ0v) is 9.64. The maximum absolute atomic E-state index is 11.7. The van der Waals surface area contributed by atoms with Crippen LogP contribution in [-0.2, 0) is 11.3 Å². The van der Waals surface area contributed by atoms with Crippen LogP contribution >= 0.6 is 15.9 Å². The molecule has 82 valence electrons. The summed E-state index contributed by atoms with van der Waals surface area (Å²) in [5.74, 6) is -0.370. The molecule has 1 aliphatic heterocycles. The molecule has 0 spiro atoms. The van der Waals surface area contributed by atoms with Crippen LogP contribution in [0, 0.1) is 0 Å². The summed E-state index contributed by atoms with van der Waals surface area (Å²) in [6.45, 7) is 0.163. The molecule has 0 aromatic carbocycles. The van der Waals surface area contributed by atoms with Gasteiger partial charge in [0.05, 0.1) is 6.54 Å². The third-order valence-electron chi connectivity index (χ3n) is 2.03. The van der Waals surface area contributed by atoms with E-state index >= 15 is 0 Å². The van der Waals surface area contributed by atoms with Gasteiger partial charge in [-0.3, -0.25) is 9.69 Å². The normalized spacial score (nSPS) is 18.1. The number of aromatic nitrogens is 2. The molecule has 1 aliphatic rings. The molecule has 6 nitrogen and oxygen atoms in total. The fourth-order valence-corrected chi connectivity index (χ4v) is 1.60. The van der Waals surface area contributed by atoms with Gasteiger partial charge in [0.25, 0.3) is 5.91 Å². The molecule has 0 radical (unpaired) electrons. The minimum Gasteiger partial charge on any atom is -0.302 e. The molecule has 1 N–H and O–H groups in total. The van der Waals surface area contributed by atoms with E-state index in [4.69, 9.17) is 0 Å². The second kappa shape index (κ2) is 4.40. The lowest BCUT2D eigenvalue weighted by atomic mass is 10.3. The van der Waals surface area contributed by atoms with Gasteiger partial charge in [-0.25, -0.2) is 14.8 Å². The molecule has 1 saturated heterocycles. The summed E-state index contributed by atoms with van der Waals surface area (Å²) in [7, 11) is 0. The fourth-order valence-electron chi connectivity index (χ4n) is 1.29. The van der Waals surface area contributed by atoms with Crippen LogP contribution in [0.2, 0.25) is 0 Å². The van der Waals surface area contributed by atoms with E-state index in [0.29, 0.717) is 5.56 Å². The Labute approximate surface area is 99.5 Å². The number of carbonyl (C=O) groups excluding carboxylic acids is 2. The predicted molar refractivity (Wildman–Crippen MR) is 58.1 cm³/mol.